The summed E-state index contributed by atoms with van der Waals surface area (Å²) in [5.41, 5.74) is -1.61. The van der Waals surface area contributed by atoms with Gasteiger partial charge in [0, 0.05) is 21.5 Å². The Morgan fingerprint density at radius 3 is 1.35 bits per heavy atom. The lowest BCUT2D eigenvalue weighted by atomic mass is 9.96. The zero-order valence-corrected chi connectivity index (χ0v) is 26.3. The third-order valence-electron chi connectivity index (χ3n) is 9.22. The summed E-state index contributed by atoms with van der Waals surface area (Å²) in [5, 5.41) is 1.28. The predicted octanol–water partition coefficient (Wildman–Crippen LogP) is 13.2. The van der Waals surface area contributed by atoms with Gasteiger partial charge in [-0.05, 0) is 77.9 Å². The molecule has 0 amide bonds. The Kier molecular flexibility index (Phi) is 7.22. The molecule has 2 aromatic heterocycles. The average molecular weight is 714 g/mol. The molecule has 52 heavy (non-hydrogen) atoms. The summed E-state index contributed by atoms with van der Waals surface area (Å²) in [5.74, 6) is 0. The SMILES string of the molecule is [C-]#[N+]c1cc(-n2c3ccccc3c3cc(C(F)(F)F)ccc32)c(-n2c3ccccc3c3cc(C(F)(F)F)ccc32)cc1-c1ccccc1C(F)(F)F. The van der Waals surface area contributed by atoms with Gasteiger partial charge >= 0.3 is 18.5 Å². The summed E-state index contributed by atoms with van der Waals surface area (Å²) in [6.07, 6.45) is -14.1. The van der Waals surface area contributed by atoms with Crippen LogP contribution in [0.4, 0.5) is 45.2 Å². The van der Waals surface area contributed by atoms with E-state index in [0.29, 0.717) is 27.3 Å². The van der Waals surface area contributed by atoms with Crippen LogP contribution in [0.15, 0.2) is 121 Å². The number of fused-ring (bicyclic) bond motifs is 6. The first-order chi connectivity index (χ1) is 24.7. The van der Waals surface area contributed by atoms with Crippen molar-refractivity contribution in [1.82, 2.24) is 9.13 Å². The fourth-order valence-corrected chi connectivity index (χ4v) is 7.01. The van der Waals surface area contributed by atoms with Gasteiger partial charge in [-0.1, -0.05) is 54.6 Å². The molecule has 8 aromatic rings. The summed E-state index contributed by atoms with van der Waals surface area (Å²) in [6.45, 7) is 8.09. The standard InChI is InChI=1S/C40H20F9N3/c1-50-31-21-37(52-33-13-7-4-10-26(33)29-19-23(39(44,45)46)15-17-35(29)52)36(20-27(31)24-8-2-5-11-30(24)40(47,48)49)51-32-12-6-3-9-25(32)28-18-22(38(41,42)43)14-16-34(28)51/h2-21H. The summed E-state index contributed by atoms with van der Waals surface area (Å²) in [7, 11) is 0. The van der Waals surface area contributed by atoms with Crippen LogP contribution in [0.5, 0.6) is 0 Å². The molecule has 0 aliphatic rings. The monoisotopic (exact) mass is 713 g/mol. The second-order valence-electron chi connectivity index (χ2n) is 12.2. The van der Waals surface area contributed by atoms with Crippen molar-refractivity contribution in [1.29, 1.82) is 0 Å². The molecular weight excluding hydrogens is 693 g/mol. The maximum atomic E-state index is 14.4. The Morgan fingerprint density at radius 2 is 0.865 bits per heavy atom. The van der Waals surface area contributed by atoms with E-state index in [1.807, 2.05) is 0 Å². The van der Waals surface area contributed by atoms with Crippen molar-refractivity contribution < 1.29 is 39.5 Å². The number of rotatable bonds is 3. The lowest BCUT2D eigenvalue weighted by molar-refractivity contribution is -0.138. The summed E-state index contributed by atoms with van der Waals surface area (Å²) < 4.78 is 130. The van der Waals surface area contributed by atoms with Crippen molar-refractivity contribution in [3.05, 3.63) is 149 Å². The molecule has 0 unspecified atom stereocenters. The summed E-state index contributed by atoms with van der Waals surface area (Å²) in [6, 6.07) is 27.1. The zero-order valence-electron chi connectivity index (χ0n) is 26.3. The topological polar surface area (TPSA) is 14.2 Å². The van der Waals surface area contributed by atoms with Gasteiger partial charge in [-0.2, -0.15) is 39.5 Å². The van der Waals surface area contributed by atoms with Crippen molar-refractivity contribution in [3.8, 4) is 22.5 Å². The van der Waals surface area contributed by atoms with Crippen LogP contribution in [-0.4, -0.2) is 9.13 Å². The summed E-state index contributed by atoms with van der Waals surface area (Å²) >= 11 is 0. The molecule has 0 N–H and O–H groups in total. The molecule has 0 radical (unpaired) electrons. The van der Waals surface area contributed by atoms with Gasteiger partial charge in [-0.3, -0.25) is 0 Å². The van der Waals surface area contributed by atoms with Crippen molar-refractivity contribution in [3.63, 3.8) is 0 Å². The molecule has 0 aliphatic carbocycles. The number of hydrogen-bond acceptors (Lipinski definition) is 0. The highest BCUT2D eigenvalue weighted by Gasteiger charge is 2.35. The minimum absolute atomic E-state index is 0.0976. The molecule has 3 nitrogen and oxygen atoms in total. The van der Waals surface area contributed by atoms with Crippen LogP contribution in [0.3, 0.4) is 0 Å². The minimum atomic E-state index is -4.81. The van der Waals surface area contributed by atoms with E-state index in [4.69, 9.17) is 6.57 Å². The molecule has 6 aromatic carbocycles. The maximum absolute atomic E-state index is 14.4. The first-order valence-electron chi connectivity index (χ1n) is 15.6. The average Bonchev–Trinajstić information content (AvgIpc) is 3.62. The Labute approximate surface area is 288 Å². The first kappa shape index (κ1) is 33.0. The summed E-state index contributed by atoms with van der Waals surface area (Å²) in [4.78, 5) is 3.62. The van der Waals surface area contributed by atoms with E-state index in [1.165, 1.54) is 42.5 Å². The molecule has 0 saturated heterocycles. The zero-order chi connectivity index (χ0) is 36.7. The number of alkyl halides is 9. The van der Waals surface area contributed by atoms with Crippen LogP contribution in [0.25, 0.3) is 71.0 Å². The van der Waals surface area contributed by atoms with E-state index in [-0.39, 0.29) is 44.5 Å². The van der Waals surface area contributed by atoms with Gasteiger partial charge in [0.2, 0.25) is 0 Å². The van der Waals surface area contributed by atoms with Crippen molar-refractivity contribution in [2.24, 2.45) is 0 Å². The molecule has 0 spiro atoms. The normalized spacial score (nSPS) is 12.7. The van der Waals surface area contributed by atoms with Crippen LogP contribution in [0.1, 0.15) is 16.7 Å². The van der Waals surface area contributed by atoms with Crippen LogP contribution in [0, 0.1) is 6.57 Å². The molecule has 0 bridgehead atoms. The number of aromatic nitrogens is 2. The van der Waals surface area contributed by atoms with E-state index in [0.717, 1.165) is 30.3 Å². The third-order valence-corrected chi connectivity index (χ3v) is 9.22. The second kappa shape index (κ2) is 11.4. The molecule has 0 atom stereocenters. The molecule has 2 heterocycles. The van der Waals surface area contributed by atoms with Gasteiger partial charge in [0.25, 0.3) is 0 Å². The highest BCUT2D eigenvalue weighted by Crippen LogP contribution is 2.47. The number of nitrogens with zero attached hydrogens (tertiary/aromatic N) is 3. The molecule has 12 heteroatoms. The van der Waals surface area contributed by atoms with Crippen molar-refractivity contribution in [2.75, 3.05) is 0 Å². The third kappa shape index (κ3) is 5.15. The number of benzene rings is 6. The van der Waals surface area contributed by atoms with Crippen LogP contribution in [-0.2, 0) is 18.5 Å². The van der Waals surface area contributed by atoms with Crippen LogP contribution < -0.4 is 0 Å². The van der Waals surface area contributed by atoms with Gasteiger partial charge in [0.15, 0.2) is 5.69 Å². The number of hydrogen-bond donors (Lipinski definition) is 0. The van der Waals surface area contributed by atoms with Gasteiger partial charge in [0.05, 0.1) is 56.7 Å². The molecule has 0 fully saturated rings. The second-order valence-corrected chi connectivity index (χ2v) is 12.2. The van der Waals surface area contributed by atoms with E-state index in [9.17, 15) is 39.5 Å². The quantitative estimate of drug-likeness (QED) is 0.128. The Balaban J connectivity index is 1.56. The minimum Gasteiger partial charge on any atom is -0.308 e. The smallest absolute Gasteiger partial charge is 0.308 e. The van der Waals surface area contributed by atoms with Gasteiger partial charge in [0.1, 0.15) is 0 Å². The highest BCUT2D eigenvalue weighted by molar-refractivity contribution is 6.12. The largest absolute Gasteiger partial charge is 0.416 e. The van der Waals surface area contributed by atoms with Gasteiger partial charge in [-0.15, -0.1) is 0 Å². The fourth-order valence-electron chi connectivity index (χ4n) is 7.01. The molecule has 8 rings (SSSR count). The highest BCUT2D eigenvalue weighted by atomic mass is 19.4. The van der Waals surface area contributed by atoms with E-state index in [1.54, 1.807) is 57.7 Å². The van der Waals surface area contributed by atoms with Crippen molar-refractivity contribution in [2.45, 2.75) is 18.5 Å². The van der Waals surface area contributed by atoms with Gasteiger partial charge < -0.3 is 9.13 Å². The lowest BCUT2D eigenvalue weighted by Crippen LogP contribution is -2.08. The molecule has 258 valence electrons. The lowest BCUT2D eigenvalue weighted by Gasteiger charge is -2.21. The van der Waals surface area contributed by atoms with Crippen molar-refractivity contribution >= 4 is 49.3 Å². The van der Waals surface area contributed by atoms with E-state index >= 15 is 0 Å². The van der Waals surface area contributed by atoms with Gasteiger partial charge in [-0.25, -0.2) is 4.85 Å². The number of para-hydroxylation sites is 2. The molecular formula is C40H20F9N3. The van der Waals surface area contributed by atoms with E-state index < -0.39 is 35.2 Å². The maximum Gasteiger partial charge on any atom is 0.416 e. The Morgan fingerprint density at radius 1 is 0.423 bits per heavy atom. The number of halogens is 9. The fraction of sp³-hybridized carbons (Fsp3) is 0.0750. The Bertz CT molecular complexity index is 2770. The first-order valence-corrected chi connectivity index (χ1v) is 15.6. The van der Waals surface area contributed by atoms with Crippen LogP contribution >= 0.6 is 0 Å². The van der Waals surface area contributed by atoms with E-state index in [2.05, 4.69) is 4.85 Å². The van der Waals surface area contributed by atoms with Crippen LogP contribution in [0.2, 0.25) is 0 Å². The Hall–Kier alpha value is -6.22. The molecule has 0 saturated carbocycles. The predicted molar refractivity (Wildman–Crippen MR) is 182 cm³/mol. The molecule has 0 aliphatic heterocycles.